The molecule has 0 aliphatic heterocycles. The number of hydrogen-bond donors (Lipinski definition) is 0. The Morgan fingerprint density at radius 3 is 2.38 bits per heavy atom. The molecular weight excluding hydrogens is 188 g/mol. The van der Waals surface area contributed by atoms with Crippen molar-refractivity contribution in [3.05, 3.63) is 18.5 Å². The molecule has 1 aromatic heterocycles. The fraction of sp³-hybridized carbons (Fsp3) is 0.625. The van der Waals surface area contributed by atoms with Crippen LogP contribution in [0.15, 0.2) is 18.5 Å². The number of hydrogen-bond acceptors (Lipinski definition) is 3. The largest absolute Gasteiger partial charge is 0.272 e. The summed E-state index contributed by atoms with van der Waals surface area (Å²) >= 11 is 0. The summed E-state index contributed by atoms with van der Waals surface area (Å²) in [4.78, 5) is 0. The summed E-state index contributed by atoms with van der Waals surface area (Å²) in [5.41, 5.74) is 0. The van der Waals surface area contributed by atoms with E-state index in [1.165, 1.54) is 6.26 Å². The van der Waals surface area contributed by atoms with Crippen LogP contribution in [0.4, 0.5) is 0 Å². The molecule has 0 bridgehead atoms. The molecule has 13 heavy (non-hydrogen) atoms. The third-order valence-corrected chi connectivity index (χ3v) is 2.17. The number of sulfone groups is 1. The molecule has 0 aliphatic rings. The van der Waals surface area contributed by atoms with E-state index in [1.807, 2.05) is 13.8 Å². The van der Waals surface area contributed by atoms with Crippen LogP contribution >= 0.6 is 0 Å². The molecule has 0 saturated carbocycles. The fourth-order valence-corrected chi connectivity index (χ4v) is 1.21. The highest BCUT2D eigenvalue weighted by Gasteiger charge is 2.01. The van der Waals surface area contributed by atoms with Crippen molar-refractivity contribution in [2.45, 2.75) is 20.4 Å². The minimum atomic E-state index is -2.86. The van der Waals surface area contributed by atoms with Crippen LogP contribution in [0.3, 0.4) is 0 Å². The van der Waals surface area contributed by atoms with Gasteiger partial charge in [0.15, 0.2) is 0 Å². The molecule has 0 N–H and O–H groups in total. The van der Waals surface area contributed by atoms with Crippen LogP contribution in [0.25, 0.3) is 0 Å². The molecule has 0 unspecified atom stereocenters. The maximum absolute atomic E-state index is 10.7. The molecule has 4 nitrogen and oxygen atoms in total. The van der Waals surface area contributed by atoms with Gasteiger partial charge < -0.3 is 0 Å². The summed E-state index contributed by atoms with van der Waals surface area (Å²) in [6.45, 7) is 4.44. The van der Waals surface area contributed by atoms with Crippen molar-refractivity contribution in [1.82, 2.24) is 9.78 Å². The Labute approximate surface area is 79.5 Å². The van der Waals surface area contributed by atoms with E-state index in [-0.39, 0.29) is 5.75 Å². The van der Waals surface area contributed by atoms with E-state index in [0.29, 0.717) is 6.54 Å². The van der Waals surface area contributed by atoms with Gasteiger partial charge in [-0.05, 0) is 6.07 Å². The normalized spacial score (nSPS) is 10.4. The predicted octanol–water partition coefficient (Wildman–Crippen LogP) is 0.954. The van der Waals surface area contributed by atoms with Gasteiger partial charge >= 0.3 is 0 Å². The smallest absolute Gasteiger partial charge is 0.149 e. The first-order valence-electron chi connectivity index (χ1n) is 4.23. The summed E-state index contributed by atoms with van der Waals surface area (Å²) in [7, 11) is -2.86. The third kappa shape index (κ3) is 6.33. The van der Waals surface area contributed by atoms with E-state index in [2.05, 4.69) is 5.10 Å². The summed E-state index contributed by atoms with van der Waals surface area (Å²) < 4.78 is 23.0. The van der Waals surface area contributed by atoms with Crippen LogP contribution in [-0.4, -0.2) is 30.2 Å². The van der Waals surface area contributed by atoms with Gasteiger partial charge in [0.2, 0.25) is 0 Å². The fourth-order valence-electron chi connectivity index (χ4n) is 0.692. The van der Waals surface area contributed by atoms with Gasteiger partial charge in [-0.2, -0.15) is 5.10 Å². The zero-order valence-corrected chi connectivity index (χ0v) is 9.08. The molecule has 0 aliphatic carbocycles. The van der Waals surface area contributed by atoms with Crippen molar-refractivity contribution in [2.75, 3.05) is 12.0 Å². The lowest BCUT2D eigenvalue weighted by molar-refractivity contribution is 0.586. The average Bonchev–Trinajstić information content (AvgIpc) is 2.55. The molecule has 0 amide bonds. The van der Waals surface area contributed by atoms with Crippen LogP contribution in [0.1, 0.15) is 13.8 Å². The van der Waals surface area contributed by atoms with E-state index in [0.717, 1.165) is 0 Å². The highest BCUT2D eigenvalue weighted by Crippen LogP contribution is 1.88. The van der Waals surface area contributed by atoms with E-state index >= 15 is 0 Å². The van der Waals surface area contributed by atoms with Crippen molar-refractivity contribution in [3.63, 3.8) is 0 Å². The highest BCUT2D eigenvalue weighted by molar-refractivity contribution is 7.90. The van der Waals surface area contributed by atoms with Crippen LogP contribution < -0.4 is 0 Å². The summed E-state index contributed by atoms with van der Waals surface area (Å²) in [5, 5.41) is 3.87. The molecular formula is C8H16N2O2S. The first-order valence-corrected chi connectivity index (χ1v) is 6.29. The Bertz CT molecular complexity index is 303. The zero-order valence-electron chi connectivity index (χ0n) is 8.27. The number of rotatable bonds is 3. The Morgan fingerprint density at radius 2 is 2.00 bits per heavy atom. The summed E-state index contributed by atoms with van der Waals surface area (Å²) in [6, 6.07) is 1.77. The molecule has 0 saturated heterocycles. The third-order valence-electron chi connectivity index (χ3n) is 1.25. The monoisotopic (exact) mass is 204 g/mol. The maximum atomic E-state index is 10.7. The van der Waals surface area contributed by atoms with Gasteiger partial charge in [-0.3, -0.25) is 4.68 Å². The van der Waals surface area contributed by atoms with Crippen LogP contribution in [-0.2, 0) is 16.4 Å². The molecule has 0 atom stereocenters. The van der Waals surface area contributed by atoms with Gasteiger partial charge in [-0.15, -0.1) is 0 Å². The molecule has 76 valence electrons. The van der Waals surface area contributed by atoms with Gasteiger partial charge in [0, 0.05) is 18.6 Å². The van der Waals surface area contributed by atoms with Gasteiger partial charge in [0.05, 0.1) is 12.3 Å². The Hall–Kier alpha value is -0.840. The van der Waals surface area contributed by atoms with Gasteiger partial charge in [0.1, 0.15) is 9.84 Å². The summed E-state index contributed by atoms with van der Waals surface area (Å²) in [6.07, 6.45) is 4.59. The molecule has 0 aromatic carbocycles. The van der Waals surface area contributed by atoms with Gasteiger partial charge in [-0.25, -0.2) is 8.42 Å². The van der Waals surface area contributed by atoms with E-state index in [9.17, 15) is 8.42 Å². The lowest BCUT2D eigenvalue weighted by Crippen LogP contribution is -2.11. The average molecular weight is 204 g/mol. The molecule has 1 heterocycles. The Morgan fingerprint density at radius 1 is 1.38 bits per heavy atom. The second-order valence-electron chi connectivity index (χ2n) is 2.40. The number of aryl methyl sites for hydroxylation is 1. The second-order valence-corrected chi connectivity index (χ2v) is 4.66. The number of aromatic nitrogens is 2. The quantitative estimate of drug-likeness (QED) is 0.736. The van der Waals surface area contributed by atoms with E-state index in [1.54, 1.807) is 23.1 Å². The molecule has 0 fully saturated rings. The zero-order chi connectivity index (χ0) is 10.3. The number of nitrogens with zero attached hydrogens (tertiary/aromatic N) is 2. The first kappa shape index (κ1) is 12.2. The van der Waals surface area contributed by atoms with Crippen molar-refractivity contribution < 1.29 is 8.42 Å². The Balaban J connectivity index is 0.000000671. The minimum absolute atomic E-state index is 0.147. The predicted molar refractivity (Wildman–Crippen MR) is 53.3 cm³/mol. The molecule has 0 radical (unpaired) electrons. The van der Waals surface area contributed by atoms with Gasteiger partial charge in [-0.1, -0.05) is 13.8 Å². The maximum Gasteiger partial charge on any atom is 0.149 e. The lowest BCUT2D eigenvalue weighted by Gasteiger charge is -1.97. The molecule has 1 rings (SSSR count). The van der Waals surface area contributed by atoms with E-state index in [4.69, 9.17) is 0 Å². The van der Waals surface area contributed by atoms with Crippen LogP contribution in [0.5, 0.6) is 0 Å². The topological polar surface area (TPSA) is 52.0 Å². The molecule has 1 aromatic rings. The van der Waals surface area contributed by atoms with Crippen LogP contribution in [0, 0.1) is 0 Å². The summed E-state index contributed by atoms with van der Waals surface area (Å²) in [5.74, 6) is 0.147. The lowest BCUT2D eigenvalue weighted by atomic mass is 10.7. The van der Waals surface area contributed by atoms with Crippen LogP contribution in [0.2, 0.25) is 0 Å². The molecule has 5 heteroatoms. The SMILES string of the molecule is CC.CS(=O)(=O)CCn1cccn1. The first-order chi connectivity index (χ1) is 6.08. The van der Waals surface area contributed by atoms with Crippen molar-refractivity contribution in [1.29, 1.82) is 0 Å². The van der Waals surface area contributed by atoms with E-state index < -0.39 is 9.84 Å². The highest BCUT2D eigenvalue weighted by atomic mass is 32.2. The standard InChI is InChI=1S/C6H10N2O2S.C2H6/c1-11(9,10)6-5-8-4-2-3-7-8;1-2/h2-4H,5-6H2,1H3;1-2H3. The Kier molecular flexibility index (Phi) is 5.37. The van der Waals surface area contributed by atoms with Crippen molar-refractivity contribution in [2.24, 2.45) is 0 Å². The van der Waals surface area contributed by atoms with Crippen molar-refractivity contribution >= 4 is 9.84 Å². The minimum Gasteiger partial charge on any atom is -0.272 e. The van der Waals surface area contributed by atoms with Gasteiger partial charge in [0.25, 0.3) is 0 Å². The molecule has 0 spiro atoms. The second kappa shape index (κ2) is 5.75. The van der Waals surface area contributed by atoms with Crippen molar-refractivity contribution in [3.8, 4) is 0 Å².